The zero-order valence-corrected chi connectivity index (χ0v) is 19.4. The van der Waals surface area contributed by atoms with Crippen molar-refractivity contribution in [1.29, 1.82) is 0 Å². The van der Waals surface area contributed by atoms with Gasteiger partial charge in [-0.2, -0.15) is 0 Å². The first-order valence-corrected chi connectivity index (χ1v) is 10.6. The Morgan fingerprint density at radius 2 is 1.03 bits per heavy atom. The van der Waals surface area contributed by atoms with Crippen LogP contribution < -0.4 is 20.7 Å². The van der Waals surface area contributed by atoms with Crippen LogP contribution in [-0.2, 0) is 0 Å². The standard InChI is InChI=1S/2C14H11FO3/c2*1-17-13-8-12(18-14(16)9-13)6-5-10-3-2-4-11(15)7-10/h2*2-9H,1H3/b2*6-5+. The third-order valence-corrected chi connectivity index (χ3v) is 4.57. The second-order valence-corrected chi connectivity index (χ2v) is 7.21. The molecule has 0 saturated carbocycles. The highest BCUT2D eigenvalue weighted by Gasteiger charge is 2.00. The van der Waals surface area contributed by atoms with E-state index < -0.39 is 11.3 Å². The van der Waals surface area contributed by atoms with Crippen molar-refractivity contribution in [2.75, 3.05) is 14.2 Å². The predicted octanol–water partition coefficient (Wildman–Crippen LogP) is 5.92. The summed E-state index contributed by atoms with van der Waals surface area (Å²) in [4.78, 5) is 22.4. The van der Waals surface area contributed by atoms with Crippen LogP contribution >= 0.6 is 0 Å². The monoisotopic (exact) mass is 492 g/mol. The number of halogens is 2. The average molecular weight is 492 g/mol. The number of methoxy groups -OCH3 is 2. The minimum atomic E-state index is -0.492. The summed E-state index contributed by atoms with van der Waals surface area (Å²) in [6, 6.07) is 17.9. The molecule has 184 valence electrons. The lowest BCUT2D eigenvalue weighted by Gasteiger charge is -1.99. The largest absolute Gasteiger partial charge is 0.496 e. The molecule has 0 bridgehead atoms. The fourth-order valence-electron chi connectivity index (χ4n) is 2.92. The van der Waals surface area contributed by atoms with Crippen LogP contribution in [0.25, 0.3) is 24.3 Å². The SMILES string of the molecule is COc1cc(/C=C/c2cccc(F)c2)oc(=O)c1.COc1cc(/C=C/c2cccc(F)c2)oc(=O)c1. The fraction of sp³-hybridized carbons (Fsp3) is 0.0714. The smallest absolute Gasteiger partial charge is 0.339 e. The van der Waals surface area contributed by atoms with Crippen LogP contribution in [0.2, 0.25) is 0 Å². The molecule has 0 fully saturated rings. The van der Waals surface area contributed by atoms with Gasteiger partial charge in [-0.1, -0.05) is 36.4 Å². The molecular weight excluding hydrogens is 470 g/mol. The molecule has 6 nitrogen and oxygen atoms in total. The van der Waals surface area contributed by atoms with Crippen molar-refractivity contribution in [1.82, 2.24) is 0 Å². The molecule has 0 radical (unpaired) electrons. The van der Waals surface area contributed by atoms with Crippen LogP contribution in [0.5, 0.6) is 11.5 Å². The molecule has 2 heterocycles. The Morgan fingerprint density at radius 3 is 1.39 bits per heavy atom. The van der Waals surface area contributed by atoms with Crippen LogP contribution in [0.1, 0.15) is 22.6 Å². The van der Waals surface area contributed by atoms with Gasteiger partial charge in [0, 0.05) is 12.1 Å². The predicted molar refractivity (Wildman–Crippen MR) is 134 cm³/mol. The minimum absolute atomic E-state index is 0.316. The highest BCUT2D eigenvalue weighted by molar-refractivity contribution is 5.68. The van der Waals surface area contributed by atoms with Gasteiger partial charge in [-0.05, 0) is 47.5 Å². The Labute approximate surface area is 205 Å². The first-order valence-electron chi connectivity index (χ1n) is 10.6. The maximum Gasteiger partial charge on any atom is 0.339 e. The van der Waals surface area contributed by atoms with E-state index in [0.29, 0.717) is 34.1 Å². The second kappa shape index (κ2) is 12.7. The fourth-order valence-corrected chi connectivity index (χ4v) is 2.92. The summed E-state index contributed by atoms with van der Waals surface area (Å²) < 4.78 is 45.7. The van der Waals surface area contributed by atoms with Crippen LogP contribution in [-0.4, -0.2) is 14.2 Å². The summed E-state index contributed by atoms with van der Waals surface area (Å²) in [6.45, 7) is 0. The molecule has 2 aromatic heterocycles. The highest BCUT2D eigenvalue weighted by Crippen LogP contribution is 2.14. The Balaban J connectivity index is 0.000000201. The lowest BCUT2D eigenvalue weighted by molar-refractivity contribution is 0.400. The summed E-state index contributed by atoms with van der Waals surface area (Å²) in [6.07, 6.45) is 6.47. The zero-order valence-electron chi connectivity index (χ0n) is 19.4. The summed E-state index contributed by atoms with van der Waals surface area (Å²) in [7, 11) is 2.93. The molecule has 4 rings (SSSR count). The molecule has 0 saturated heterocycles. The summed E-state index contributed by atoms with van der Waals surface area (Å²) in [5.74, 6) is 0.913. The van der Waals surface area contributed by atoms with Gasteiger partial charge in [0.15, 0.2) is 0 Å². The van der Waals surface area contributed by atoms with Crippen molar-refractivity contribution in [2.24, 2.45) is 0 Å². The highest BCUT2D eigenvalue weighted by atomic mass is 19.1. The topological polar surface area (TPSA) is 78.9 Å². The first-order chi connectivity index (χ1) is 17.3. The zero-order chi connectivity index (χ0) is 25.9. The molecule has 0 atom stereocenters. The number of hydrogen-bond acceptors (Lipinski definition) is 6. The number of benzene rings is 2. The number of rotatable bonds is 6. The van der Waals surface area contributed by atoms with E-state index in [1.54, 1.807) is 60.7 Å². The van der Waals surface area contributed by atoms with Gasteiger partial charge in [0.1, 0.15) is 34.7 Å². The lowest BCUT2D eigenvalue weighted by Crippen LogP contribution is -1.98. The van der Waals surface area contributed by atoms with E-state index in [1.165, 1.54) is 50.6 Å². The van der Waals surface area contributed by atoms with E-state index in [-0.39, 0.29) is 11.6 Å². The summed E-state index contributed by atoms with van der Waals surface area (Å²) >= 11 is 0. The molecule has 0 amide bonds. The van der Waals surface area contributed by atoms with Gasteiger partial charge in [-0.3, -0.25) is 0 Å². The Bertz CT molecular complexity index is 1370. The van der Waals surface area contributed by atoms with E-state index in [4.69, 9.17) is 18.3 Å². The maximum atomic E-state index is 12.9. The first kappa shape index (κ1) is 25.9. The van der Waals surface area contributed by atoms with Gasteiger partial charge in [0.25, 0.3) is 0 Å². The number of hydrogen-bond donors (Lipinski definition) is 0. The third-order valence-electron chi connectivity index (χ3n) is 4.57. The molecule has 2 aromatic carbocycles. The number of ether oxygens (including phenoxy) is 2. The van der Waals surface area contributed by atoms with E-state index in [0.717, 1.165) is 0 Å². The van der Waals surface area contributed by atoms with Gasteiger partial charge < -0.3 is 18.3 Å². The maximum absolute atomic E-state index is 12.9. The van der Waals surface area contributed by atoms with Gasteiger partial charge in [-0.15, -0.1) is 0 Å². The molecule has 0 aliphatic carbocycles. The Kier molecular flexibility index (Phi) is 9.11. The van der Waals surface area contributed by atoms with Crippen molar-refractivity contribution in [3.8, 4) is 11.5 Å². The second-order valence-electron chi connectivity index (χ2n) is 7.21. The van der Waals surface area contributed by atoms with Gasteiger partial charge >= 0.3 is 11.3 Å². The Hall–Kier alpha value is -4.72. The van der Waals surface area contributed by atoms with E-state index in [1.807, 2.05) is 0 Å². The molecule has 0 spiro atoms. The third kappa shape index (κ3) is 8.25. The minimum Gasteiger partial charge on any atom is -0.496 e. The Morgan fingerprint density at radius 1 is 0.611 bits per heavy atom. The molecule has 0 aliphatic rings. The van der Waals surface area contributed by atoms with Crippen molar-refractivity contribution in [2.45, 2.75) is 0 Å². The van der Waals surface area contributed by atoms with E-state index in [2.05, 4.69) is 0 Å². The summed E-state index contributed by atoms with van der Waals surface area (Å²) in [5, 5.41) is 0. The average Bonchev–Trinajstić information content (AvgIpc) is 2.86. The van der Waals surface area contributed by atoms with E-state index >= 15 is 0 Å². The van der Waals surface area contributed by atoms with Crippen LogP contribution in [0.4, 0.5) is 8.78 Å². The molecule has 0 unspecified atom stereocenters. The molecular formula is C28H22F2O6. The molecule has 8 heteroatoms. The molecule has 0 N–H and O–H groups in total. The van der Waals surface area contributed by atoms with Crippen LogP contribution in [0.3, 0.4) is 0 Å². The summed E-state index contributed by atoms with van der Waals surface area (Å²) in [5.41, 5.74) is 0.377. The molecule has 4 aromatic rings. The molecule has 36 heavy (non-hydrogen) atoms. The molecule has 0 aliphatic heterocycles. The quantitative estimate of drug-likeness (QED) is 0.333. The van der Waals surface area contributed by atoms with Gasteiger partial charge in [0.2, 0.25) is 0 Å². The van der Waals surface area contributed by atoms with Gasteiger partial charge in [0.05, 0.1) is 26.4 Å². The lowest BCUT2D eigenvalue weighted by atomic mass is 10.2. The normalized spacial score (nSPS) is 10.8. The van der Waals surface area contributed by atoms with Crippen molar-refractivity contribution in [3.05, 3.63) is 128 Å². The van der Waals surface area contributed by atoms with Crippen LogP contribution in [0.15, 0.2) is 91.2 Å². The van der Waals surface area contributed by atoms with Crippen molar-refractivity contribution < 1.29 is 27.1 Å². The van der Waals surface area contributed by atoms with E-state index in [9.17, 15) is 18.4 Å². The van der Waals surface area contributed by atoms with Gasteiger partial charge in [-0.25, -0.2) is 18.4 Å². The van der Waals surface area contributed by atoms with Crippen molar-refractivity contribution in [3.63, 3.8) is 0 Å². The van der Waals surface area contributed by atoms with Crippen LogP contribution in [0, 0.1) is 11.6 Å². The van der Waals surface area contributed by atoms with Crippen molar-refractivity contribution >= 4 is 24.3 Å².